The molecule has 0 aliphatic rings. The van der Waals surface area contributed by atoms with Crippen LogP contribution >= 0.6 is 0 Å². The molecule has 6 heteroatoms. The average molecular weight is 280 g/mol. The molecule has 5 nitrogen and oxygen atoms in total. The Kier molecular flexibility index (Phi) is 11.9. The number of rotatable bonds is 4. The number of benzene rings is 1. The third kappa shape index (κ3) is 9.04. The fraction of sp³-hybridized carbons (Fsp3) is 0.167. The molecule has 0 fully saturated rings. The van der Waals surface area contributed by atoms with Gasteiger partial charge in [-0.1, -0.05) is 24.8 Å². The van der Waals surface area contributed by atoms with Crippen LogP contribution < -0.4 is 4.74 Å². The van der Waals surface area contributed by atoms with E-state index in [2.05, 4.69) is 6.58 Å². The van der Waals surface area contributed by atoms with Gasteiger partial charge in [-0.15, -0.1) is 0 Å². The van der Waals surface area contributed by atoms with Crippen molar-refractivity contribution in [3.05, 3.63) is 42.5 Å². The fourth-order valence-electron chi connectivity index (χ4n) is 0.918. The third-order valence-electron chi connectivity index (χ3n) is 1.47. The molecule has 0 bridgehead atoms. The van der Waals surface area contributed by atoms with Gasteiger partial charge in [-0.2, -0.15) is 0 Å². The summed E-state index contributed by atoms with van der Waals surface area (Å²) >= 11 is 0. The normalized spacial score (nSPS) is 8.06. The molecule has 0 unspecified atom stereocenters. The average Bonchev–Trinajstić information content (AvgIpc) is 2.25. The van der Waals surface area contributed by atoms with Gasteiger partial charge in [0.1, 0.15) is 17.9 Å². The van der Waals surface area contributed by atoms with E-state index < -0.39 is 11.9 Å². The molecular formula is C12H16CaO5. The van der Waals surface area contributed by atoms with Crippen LogP contribution in [0.1, 0.15) is 17.3 Å². The van der Waals surface area contributed by atoms with E-state index >= 15 is 0 Å². The maximum absolute atomic E-state index is 10.7. The molecule has 0 atom stereocenters. The summed E-state index contributed by atoms with van der Waals surface area (Å²) < 4.78 is 5.15. The molecule has 1 aromatic carbocycles. The van der Waals surface area contributed by atoms with Gasteiger partial charge in [-0.25, -0.2) is 4.79 Å². The summed E-state index contributed by atoms with van der Waals surface area (Å²) in [6.45, 7) is 4.87. The number of aromatic carboxylic acids is 1. The summed E-state index contributed by atoms with van der Waals surface area (Å²) in [4.78, 5) is 19.7. The third-order valence-corrected chi connectivity index (χ3v) is 1.47. The summed E-state index contributed by atoms with van der Waals surface area (Å²) in [5.41, 5.74) is 0.171. The van der Waals surface area contributed by atoms with Crippen LogP contribution in [-0.2, 0) is 4.79 Å². The Morgan fingerprint density at radius 1 is 1.33 bits per heavy atom. The van der Waals surface area contributed by atoms with Gasteiger partial charge in [0.25, 0.3) is 5.97 Å². The number of aliphatic carboxylic acids is 1. The zero-order chi connectivity index (χ0) is 13.3. The number of carbonyl (C=O) groups is 2. The Labute approximate surface area is 135 Å². The molecule has 0 radical (unpaired) electrons. The fourth-order valence-corrected chi connectivity index (χ4v) is 0.918. The van der Waals surface area contributed by atoms with E-state index in [0.29, 0.717) is 12.4 Å². The van der Waals surface area contributed by atoms with Gasteiger partial charge in [0.15, 0.2) is 0 Å². The number of carboxylic acids is 2. The molecular weight excluding hydrogens is 264 g/mol. The summed E-state index contributed by atoms with van der Waals surface area (Å²) in [6.07, 6.45) is 1.57. The number of hydrogen-bond acceptors (Lipinski definition) is 3. The maximum atomic E-state index is 10.7. The first-order valence-electron chi connectivity index (χ1n) is 4.74. The Hall–Kier alpha value is -1.04. The predicted octanol–water partition coefficient (Wildman–Crippen LogP) is 1.12. The Bertz CT molecular complexity index is 399. The van der Waals surface area contributed by atoms with Crippen molar-refractivity contribution in [3.8, 4) is 5.75 Å². The molecule has 0 spiro atoms. The van der Waals surface area contributed by atoms with Gasteiger partial charge in [-0.05, 0) is 12.1 Å². The zero-order valence-corrected chi connectivity index (χ0v) is 9.42. The molecule has 0 aromatic heterocycles. The SMILES string of the molecule is C=CCOc1ccccc1C(=O)O.CC(=O)O.[CaH2]. The van der Waals surface area contributed by atoms with Gasteiger partial charge in [0.2, 0.25) is 0 Å². The number of hydrogen-bond donors (Lipinski definition) is 2. The van der Waals surface area contributed by atoms with Crippen molar-refractivity contribution < 1.29 is 24.5 Å². The van der Waals surface area contributed by atoms with Crippen molar-refractivity contribution in [3.63, 3.8) is 0 Å². The van der Waals surface area contributed by atoms with Crippen molar-refractivity contribution in [2.75, 3.05) is 6.61 Å². The monoisotopic (exact) mass is 280 g/mol. The molecule has 2 N–H and O–H groups in total. The second-order valence-electron chi connectivity index (χ2n) is 2.92. The summed E-state index contributed by atoms with van der Waals surface area (Å²) in [5, 5.41) is 16.2. The zero-order valence-electron chi connectivity index (χ0n) is 9.42. The van der Waals surface area contributed by atoms with Crippen LogP contribution in [0.3, 0.4) is 0 Å². The van der Waals surface area contributed by atoms with E-state index in [-0.39, 0.29) is 43.3 Å². The van der Waals surface area contributed by atoms with Crippen LogP contribution in [0.25, 0.3) is 0 Å². The van der Waals surface area contributed by atoms with Crippen molar-refractivity contribution >= 4 is 49.7 Å². The second kappa shape index (κ2) is 11.1. The van der Waals surface area contributed by atoms with Crippen LogP contribution in [0.15, 0.2) is 36.9 Å². The number of ether oxygens (including phenoxy) is 1. The summed E-state index contributed by atoms with van der Waals surface area (Å²) in [6, 6.07) is 6.50. The first-order chi connectivity index (χ1) is 7.99. The van der Waals surface area contributed by atoms with Crippen molar-refractivity contribution in [1.82, 2.24) is 0 Å². The molecule has 0 aliphatic carbocycles. The van der Waals surface area contributed by atoms with Crippen LogP contribution in [0.4, 0.5) is 0 Å². The van der Waals surface area contributed by atoms with Crippen molar-refractivity contribution in [2.24, 2.45) is 0 Å². The van der Waals surface area contributed by atoms with Crippen LogP contribution in [0.5, 0.6) is 5.75 Å². The van der Waals surface area contributed by atoms with Crippen molar-refractivity contribution in [2.45, 2.75) is 6.92 Å². The standard InChI is InChI=1S/C10H10O3.C2H4O2.Ca.2H/c1-2-7-13-9-6-4-3-5-8(9)10(11)12;1-2(3)4;;;/h2-6H,1,7H2,(H,11,12);1H3,(H,3,4);;;. The Balaban J connectivity index is 0. The van der Waals surface area contributed by atoms with Gasteiger partial charge < -0.3 is 14.9 Å². The van der Waals surface area contributed by atoms with Gasteiger partial charge in [-0.3, -0.25) is 4.79 Å². The van der Waals surface area contributed by atoms with Gasteiger partial charge in [0.05, 0.1) is 0 Å². The quantitative estimate of drug-likeness (QED) is 0.638. The molecule has 0 saturated carbocycles. The Morgan fingerprint density at radius 2 is 1.83 bits per heavy atom. The van der Waals surface area contributed by atoms with E-state index in [0.717, 1.165) is 6.92 Å². The van der Waals surface area contributed by atoms with E-state index in [1.54, 1.807) is 24.3 Å². The molecule has 0 aliphatic heterocycles. The summed E-state index contributed by atoms with van der Waals surface area (Å²) in [5.74, 6) is -1.45. The number of para-hydroxylation sites is 1. The van der Waals surface area contributed by atoms with Crippen LogP contribution in [0.2, 0.25) is 0 Å². The molecule has 1 rings (SSSR count). The molecule has 1 aromatic rings. The minimum atomic E-state index is -0.986. The molecule has 0 amide bonds. The van der Waals surface area contributed by atoms with E-state index in [4.69, 9.17) is 19.7 Å². The van der Waals surface area contributed by atoms with Crippen LogP contribution in [-0.4, -0.2) is 66.5 Å². The van der Waals surface area contributed by atoms with Crippen molar-refractivity contribution in [1.29, 1.82) is 0 Å². The second-order valence-corrected chi connectivity index (χ2v) is 2.92. The van der Waals surface area contributed by atoms with E-state index in [9.17, 15) is 4.79 Å². The molecule has 96 valence electrons. The van der Waals surface area contributed by atoms with E-state index in [1.807, 2.05) is 0 Å². The number of carboxylic acid groups (broad SMARTS) is 2. The van der Waals surface area contributed by atoms with Crippen LogP contribution in [0, 0.1) is 0 Å². The first-order valence-corrected chi connectivity index (χ1v) is 4.74. The molecule has 18 heavy (non-hydrogen) atoms. The topological polar surface area (TPSA) is 83.8 Å². The van der Waals surface area contributed by atoms with Gasteiger partial charge in [0, 0.05) is 6.92 Å². The minimum absolute atomic E-state index is 0. The predicted molar refractivity (Wildman–Crippen MR) is 70.9 cm³/mol. The van der Waals surface area contributed by atoms with Gasteiger partial charge >= 0.3 is 43.7 Å². The molecule has 0 saturated heterocycles. The summed E-state index contributed by atoms with van der Waals surface area (Å²) in [7, 11) is 0. The van der Waals surface area contributed by atoms with E-state index in [1.165, 1.54) is 6.07 Å². The molecule has 0 heterocycles. The Morgan fingerprint density at radius 3 is 2.28 bits per heavy atom. The first kappa shape index (κ1) is 19.3.